The molecule has 0 heterocycles. The predicted octanol–water partition coefficient (Wildman–Crippen LogP) is 22.3. The van der Waals surface area contributed by atoms with Crippen LogP contribution >= 0.6 is 0 Å². The lowest BCUT2D eigenvalue weighted by atomic mass is 10.0. The van der Waals surface area contributed by atoms with Crippen LogP contribution in [0.2, 0.25) is 0 Å². The molecular weight excluding hydrogens is 925 g/mol. The van der Waals surface area contributed by atoms with Crippen molar-refractivity contribution in [3.05, 3.63) is 60.8 Å². The largest absolute Gasteiger partial charge is 0.462 e. The van der Waals surface area contributed by atoms with Crippen LogP contribution in [0.25, 0.3) is 0 Å². The Morgan fingerprint density at radius 2 is 0.520 bits per heavy atom. The van der Waals surface area contributed by atoms with E-state index in [2.05, 4.69) is 81.5 Å². The number of ether oxygens (including phenoxy) is 3. The molecule has 0 aliphatic carbocycles. The van der Waals surface area contributed by atoms with Crippen molar-refractivity contribution in [3.63, 3.8) is 0 Å². The summed E-state index contributed by atoms with van der Waals surface area (Å²) in [7, 11) is 0. The highest BCUT2D eigenvalue weighted by Gasteiger charge is 2.19. The summed E-state index contributed by atoms with van der Waals surface area (Å²) in [6.45, 7) is 6.52. The van der Waals surface area contributed by atoms with Crippen molar-refractivity contribution in [1.82, 2.24) is 0 Å². The Bertz CT molecular complexity index is 1340. The number of unbranched alkanes of at least 4 members (excludes halogenated alkanes) is 39. The Labute approximate surface area is 466 Å². The maximum Gasteiger partial charge on any atom is 0.306 e. The summed E-state index contributed by atoms with van der Waals surface area (Å²) in [6.07, 6.45) is 81.3. The monoisotopic (exact) mass is 1050 g/mol. The summed E-state index contributed by atoms with van der Waals surface area (Å²) in [6, 6.07) is 0. The summed E-state index contributed by atoms with van der Waals surface area (Å²) in [5.41, 5.74) is 0. The van der Waals surface area contributed by atoms with Gasteiger partial charge in [-0.25, -0.2) is 0 Å². The van der Waals surface area contributed by atoms with Gasteiger partial charge in [0, 0.05) is 19.3 Å². The highest BCUT2D eigenvalue weighted by atomic mass is 16.6. The van der Waals surface area contributed by atoms with Gasteiger partial charge < -0.3 is 14.2 Å². The quantitative estimate of drug-likeness (QED) is 0.0261. The standard InChI is InChI=1S/C69H124O6/c1-4-7-10-13-16-18-20-22-24-26-28-30-32-33-34-35-36-37-38-40-41-43-45-47-49-51-53-56-59-62-68(71)74-65-66(64-73-67(70)61-58-55-15-12-9-6-3)75-69(72)63-60-57-54-52-50-48-46-44-42-39-31-29-27-25-23-21-19-17-14-11-8-5-2/h7,10,16,18,22,24,28,30,33-34,66H,4-6,8-9,11-15,17,19-21,23,25-27,29,31-32,35-65H2,1-3H3/b10-7-,18-16-,24-22-,30-28-,34-33-. The first-order valence-electron chi connectivity index (χ1n) is 32.8. The second kappa shape index (κ2) is 63.6. The summed E-state index contributed by atoms with van der Waals surface area (Å²) < 4.78 is 16.8. The van der Waals surface area contributed by atoms with Gasteiger partial charge in [-0.05, 0) is 64.2 Å². The van der Waals surface area contributed by atoms with Gasteiger partial charge in [0.2, 0.25) is 0 Å². The van der Waals surface area contributed by atoms with E-state index in [1.807, 2.05) is 0 Å². The highest BCUT2D eigenvalue weighted by molar-refractivity contribution is 5.71. The van der Waals surface area contributed by atoms with Crippen LogP contribution in [0.3, 0.4) is 0 Å². The van der Waals surface area contributed by atoms with Crippen LogP contribution in [0.15, 0.2) is 60.8 Å². The molecule has 0 spiro atoms. The van der Waals surface area contributed by atoms with Crippen molar-refractivity contribution in [2.75, 3.05) is 13.2 Å². The van der Waals surface area contributed by atoms with Gasteiger partial charge in [0.1, 0.15) is 13.2 Å². The minimum Gasteiger partial charge on any atom is -0.462 e. The Balaban J connectivity index is 4.03. The van der Waals surface area contributed by atoms with Gasteiger partial charge in [-0.2, -0.15) is 0 Å². The van der Waals surface area contributed by atoms with E-state index in [-0.39, 0.29) is 31.1 Å². The molecule has 0 fully saturated rings. The van der Waals surface area contributed by atoms with Crippen molar-refractivity contribution in [2.24, 2.45) is 0 Å². The fourth-order valence-corrected chi connectivity index (χ4v) is 9.65. The van der Waals surface area contributed by atoms with Gasteiger partial charge in [-0.15, -0.1) is 0 Å². The van der Waals surface area contributed by atoms with Gasteiger partial charge in [0.05, 0.1) is 0 Å². The van der Waals surface area contributed by atoms with E-state index in [4.69, 9.17) is 14.2 Å². The molecule has 6 heteroatoms. The average Bonchev–Trinajstić information content (AvgIpc) is 3.41. The fraction of sp³-hybridized carbons (Fsp3) is 0.812. The Morgan fingerprint density at radius 1 is 0.280 bits per heavy atom. The van der Waals surface area contributed by atoms with E-state index >= 15 is 0 Å². The van der Waals surface area contributed by atoms with Crippen molar-refractivity contribution in [2.45, 2.75) is 348 Å². The Kier molecular flexibility index (Phi) is 61.2. The molecule has 436 valence electrons. The van der Waals surface area contributed by atoms with Crippen molar-refractivity contribution in [1.29, 1.82) is 0 Å². The van der Waals surface area contributed by atoms with Crippen molar-refractivity contribution < 1.29 is 28.6 Å². The molecule has 1 unspecified atom stereocenters. The molecule has 0 aromatic carbocycles. The van der Waals surface area contributed by atoms with Gasteiger partial charge in [-0.1, -0.05) is 319 Å². The minimum absolute atomic E-state index is 0.0700. The molecule has 0 aromatic rings. The predicted molar refractivity (Wildman–Crippen MR) is 325 cm³/mol. The zero-order valence-electron chi connectivity index (χ0n) is 50.1. The third-order valence-corrected chi connectivity index (χ3v) is 14.5. The normalized spacial score (nSPS) is 12.4. The number of hydrogen-bond donors (Lipinski definition) is 0. The maximum atomic E-state index is 12.9. The number of carbonyl (C=O) groups is 3. The molecule has 0 rings (SSSR count). The molecule has 0 radical (unpaired) electrons. The molecule has 1 atom stereocenters. The van der Waals surface area contributed by atoms with Crippen LogP contribution in [0, 0.1) is 0 Å². The molecule has 75 heavy (non-hydrogen) atoms. The van der Waals surface area contributed by atoms with Gasteiger partial charge in [0.25, 0.3) is 0 Å². The lowest BCUT2D eigenvalue weighted by Gasteiger charge is -2.18. The second-order valence-electron chi connectivity index (χ2n) is 22.0. The first-order chi connectivity index (χ1) is 37.0. The Morgan fingerprint density at radius 3 is 0.813 bits per heavy atom. The number of allylic oxidation sites excluding steroid dienone is 10. The SMILES string of the molecule is CC/C=C\C/C=C\C/C=C\C/C=C\C/C=C\CCCCCCCCCCCCCCCC(=O)OCC(COC(=O)CCCCCCCC)OC(=O)CCCCCCCCCCCCCCCCCCCCCCCC. The molecule has 0 amide bonds. The van der Waals surface area contributed by atoms with Gasteiger partial charge >= 0.3 is 17.9 Å². The molecule has 0 saturated carbocycles. The lowest BCUT2D eigenvalue weighted by molar-refractivity contribution is -0.167. The van der Waals surface area contributed by atoms with Crippen LogP contribution in [-0.2, 0) is 28.6 Å². The molecule has 6 nitrogen and oxygen atoms in total. The number of carbonyl (C=O) groups excluding carboxylic acids is 3. The number of rotatable bonds is 60. The summed E-state index contributed by atoms with van der Waals surface area (Å²) >= 11 is 0. The summed E-state index contributed by atoms with van der Waals surface area (Å²) in [5.74, 6) is -0.861. The smallest absolute Gasteiger partial charge is 0.306 e. The van der Waals surface area contributed by atoms with E-state index in [0.717, 1.165) is 89.9 Å². The highest BCUT2D eigenvalue weighted by Crippen LogP contribution is 2.18. The summed E-state index contributed by atoms with van der Waals surface area (Å²) in [4.78, 5) is 38.0. The number of hydrogen-bond acceptors (Lipinski definition) is 6. The molecule has 0 saturated heterocycles. The summed E-state index contributed by atoms with van der Waals surface area (Å²) in [5, 5.41) is 0. The van der Waals surface area contributed by atoms with Crippen molar-refractivity contribution >= 4 is 17.9 Å². The molecule has 0 aliphatic heterocycles. The van der Waals surface area contributed by atoms with E-state index in [1.54, 1.807) is 0 Å². The molecule has 0 N–H and O–H groups in total. The van der Waals surface area contributed by atoms with Gasteiger partial charge in [0.15, 0.2) is 6.10 Å². The first kappa shape index (κ1) is 72.1. The molecular formula is C69H124O6. The first-order valence-corrected chi connectivity index (χ1v) is 32.8. The zero-order chi connectivity index (χ0) is 54.3. The Hall–Kier alpha value is -2.89. The van der Waals surface area contributed by atoms with Crippen LogP contribution in [0.4, 0.5) is 0 Å². The minimum atomic E-state index is -0.769. The van der Waals surface area contributed by atoms with Crippen LogP contribution < -0.4 is 0 Å². The topological polar surface area (TPSA) is 78.9 Å². The van der Waals surface area contributed by atoms with E-state index in [9.17, 15) is 14.4 Å². The third-order valence-electron chi connectivity index (χ3n) is 14.5. The maximum absolute atomic E-state index is 12.9. The van der Waals surface area contributed by atoms with E-state index in [0.29, 0.717) is 19.3 Å². The van der Waals surface area contributed by atoms with Crippen LogP contribution in [0.5, 0.6) is 0 Å². The molecule has 0 aromatic heterocycles. The van der Waals surface area contributed by atoms with E-state index in [1.165, 1.54) is 212 Å². The van der Waals surface area contributed by atoms with E-state index < -0.39 is 6.10 Å². The average molecular weight is 1050 g/mol. The molecule has 0 bridgehead atoms. The third kappa shape index (κ3) is 61.8. The second-order valence-corrected chi connectivity index (χ2v) is 22.0. The lowest BCUT2D eigenvalue weighted by Crippen LogP contribution is -2.30. The molecule has 0 aliphatic rings. The zero-order valence-corrected chi connectivity index (χ0v) is 50.1. The van der Waals surface area contributed by atoms with Gasteiger partial charge in [-0.3, -0.25) is 14.4 Å². The fourth-order valence-electron chi connectivity index (χ4n) is 9.65. The van der Waals surface area contributed by atoms with Crippen LogP contribution in [0.1, 0.15) is 342 Å². The van der Waals surface area contributed by atoms with Crippen molar-refractivity contribution in [3.8, 4) is 0 Å². The number of esters is 3. The van der Waals surface area contributed by atoms with Crippen LogP contribution in [-0.4, -0.2) is 37.2 Å².